The van der Waals surface area contributed by atoms with Crippen LogP contribution >= 0.6 is 12.2 Å². The van der Waals surface area contributed by atoms with E-state index in [2.05, 4.69) is 15.8 Å². The number of nitrogens with one attached hydrogen (secondary N) is 2. The number of anilines is 1. The maximum Gasteiger partial charge on any atom is 0.191 e. The number of aryl methyl sites for hydroxylation is 1. The Morgan fingerprint density at radius 1 is 1.08 bits per heavy atom. The molecule has 3 rings (SSSR count). The highest BCUT2D eigenvalue weighted by molar-refractivity contribution is 7.80. The van der Waals surface area contributed by atoms with Gasteiger partial charge in [0.15, 0.2) is 16.6 Å². The summed E-state index contributed by atoms with van der Waals surface area (Å²) in [6.07, 6.45) is 0.886. The van der Waals surface area contributed by atoms with Crippen molar-refractivity contribution in [3.63, 3.8) is 0 Å². The van der Waals surface area contributed by atoms with E-state index in [4.69, 9.17) is 21.7 Å². The standard InChI is InChI=1S/C19H21N3O2S/c1-13-6-3-4-7-16(13)20-19(25)22-21-14(2)15-8-9-17-18(12-15)24-11-5-10-23-17/h3-4,6-9,12H,5,10-11H2,1-2H3,(H2,20,22,25). The first-order chi connectivity index (χ1) is 12.1. The molecule has 0 unspecified atom stereocenters. The minimum atomic E-state index is 0.447. The van der Waals surface area contributed by atoms with E-state index in [1.807, 2.05) is 56.3 Å². The molecule has 0 saturated carbocycles. The fourth-order valence-corrected chi connectivity index (χ4v) is 2.61. The highest BCUT2D eigenvalue weighted by Gasteiger charge is 2.11. The number of para-hydroxylation sites is 1. The third-order valence-corrected chi connectivity index (χ3v) is 4.08. The van der Waals surface area contributed by atoms with Gasteiger partial charge in [-0.3, -0.25) is 5.43 Å². The second-order valence-corrected chi connectivity index (χ2v) is 6.20. The van der Waals surface area contributed by atoms with Gasteiger partial charge < -0.3 is 14.8 Å². The number of benzene rings is 2. The zero-order valence-electron chi connectivity index (χ0n) is 14.3. The van der Waals surface area contributed by atoms with Crippen LogP contribution in [0.25, 0.3) is 0 Å². The van der Waals surface area contributed by atoms with E-state index in [-0.39, 0.29) is 0 Å². The van der Waals surface area contributed by atoms with Gasteiger partial charge in [-0.05, 0) is 55.9 Å². The number of rotatable bonds is 3. The Morgan fingerprint density at radius 2 is 1.84 bits per heavy atom. The summed E-state index contributed by atoms with van der Waals surface area (Å²) in [5.41, 5.74) is 6.73. The lowest BCUT2D eigenvalue weighted by Gasteiger charge is -2.11. The molecule has 0 aliphatic carbocycles. The molecule has 1 aliphatic rings. The fourth-order valence-electron chi connectivity index (χ4n) is 2.45. The van der Waals surface area contributed by atoms with Crippen LogP contribution in [-0.2, 0) is 0 Å². The van der Waals surface area contributed by atoms with Gasteiger partial charge in [-0.1, -0.05) is 18.2 Å². The Kier molecular flexibility index (Phi) is 5.50. The van der Waals surface area contributed by atoms with Crippen LogP contribution < -0.4 is 20.2 Å². The van der Waals surface area contributed by atoms with Crippen LogP contribution in [0.5, 0.6) is 11.5 Å². The summed E-state index contributed by atoms with van der Waals surface area (Å²) in [6.45, 7) is 5.29. The Hall–Kier alpha value is -2.60. The molecule has 0 fully saturated rings. The van der Waals surface area contributed by atoms with Gasteiger partial charge in [0.25, 0.3) is 0 Å². The molecule has 0 bridgehead atoms. The van der Waals surface area contributed by atoms with Crippen molar-refractivity contribution in [3.8, 4) is 11.5 Å². The summed E-state index contributed by atoms with van der Waals surface area (Å²) in [5, 5.41) is 7.95. The van der Waals surface area contributed by atoms with Crippen molar-refractivity contribution < 1.29 is 9.47 Å². The van der Waals surface area contributed by atoms with E-state index in [9.17, 15) is 0 Å². The summed E-state index contributed by atoms with van der Waals surface area (Å²) < 4.78 is 11.4. The molecule has 2 aromatic carbocycles. The van der Waals surface area contributed by atoms with Gasteiger partial charge in [0.1, 0.15) is 0 Å². The SMILES string of the molecule is CC(=NNC(=S)Nc1ccccc1C)c1ccc2c(c1)OCCCO2. The minimum absolute atomic E-state index is 0.447. The smallest absolute Gasteiger partial charge is 0.191 e. The fraction of sp³-hybridized carbons (Fsp3) is 0.263. The molecule has 0 spiro atoms. The van der Waals surface area contributed by atoms with Gasteiger partial charge >= 0.3 is 0 Å². The van der Waals surface area contributed by atoms with Gasteiger partial charge in [0.05, 0.1) is 18.9 Å². The molecule has 25 heavy (non-hydrogen) atoms. The van der Waals surface area contributed by atoms with Gasteiger partial charge in [0.2, 0.25) is 0 Å². The number of hydrogen-bond acceptors (Lipinski definition) is 4. The lowest BCUT2D eigenvalue weighted by atomic mass is 10.1. The van der Waals surface area contributed by atoms with Crippen molar-refractivity contribution in [2.75, 3.05) is 18.5 Å². The first-order valence-electron chi connectivity index (χ1n) is 8.20. The largest absolute Gasteiger partial charge is 0.490 e. The van der Waals surface area contributed by atoms with Crippen molar-refractivity contribution in [3.05, 3.63) is 53.6 Å². The van der Waals surface area contributed by atoms with E-state index < -0.39 is 0 Å². The number of hydrazone groups is 1. The van der Waals surface area contributed by atoms with Gasteiger partial charge in [-0.25, -0.2) is 0 Å². The second-order valence-electron chi connectivity index (χ2n) is 5.79. The van der Waals surface area contributed by atoms with Crippen molar-refractivity contribution >= 4 is 28.7 Å². The van der Waals surface area contributed by atoms with E-state index >= 15 is 0 Å². The van der Waals surface area contributed by atoms with Crippen molar-refractivity contribution in [2.24, 2.45) is 5.10 Å². The Balaban J connectivity index is 1.66. The van der Waals surface area contributed by atoms with E-state index in [1.165, 1.54) is 0 Å². The van der Waals surface area contributed by atoms with Crippen LogP contribution in [0.3, 0.4) is 0 Å². The molecule has 130 valence electrons. The highest BCUT2D eigenvalue weighted by Crippen LogP contribution is 2.30. The average molecular weight is 355 g/mol. The molecule has 2 aromatic rings. The lowest BCUT2D eigenvalue weighted by Crippen LogP contribution is -2.25. The van der Waals surface area contributed by atoms with Crippen LogP contribution in [0.4, 0.5) is 5.69 Å². The molecule has 1 aliphatic heterocycles. The summed E-state index contributed by atoms with van der Waals surface area (Å²) in [6, 6.07) is 13.8. The van der Waals surface area contributed by atoms with Gasteiger partial charge in [-0.15, -0.1) is 0 Å². The normalized spacial score (nSPS) is 13.8. The number of nitrogens with zero attached hydrogens (tertiary/aromatic N) is 1. The van der Waals surface area contributed by atoms with Crippen LogP contribution in [0.2, 0.25) is 0 Å². The maximum absolute atomic E-state index is 5.72. The topological polar surface area (TPSA) is 54.9 Å². The third kappa shape index (κ3) is 4.48. The number of hydrogen-bond donors (Lipinski definition) is 2. The number of ether oxygens (including phenoxy) is 2. The molecule has 5 nitrogen and oxygen atoms in total. The van der Waals surface area contributed by atoms with Gasteiger partial charge in [0, 0.05) is 17.7 Å². The van der Waals surface area contributed by atoms with E-state index in [1.54, 1.807) is 0 Å². The quantitative estimate of drug-likeness (QED) is 0.497. The summed E-state index contributed by atoms with van der Waals surface area (Å²) in [5.74, 6) is 1.53. The van der Waals surface area contributed by atoms with Gasteiger partial charge in [-0.2, -0.15) is 5.10 Å². The molecular weight excluding hydrogens is 334 g/mol. The van der Waals surface area contributed by atoms with E-state index in [0.717, 1.165) is 40.4 Å². The zero-order valence-corrected chi connectivity index (χ0v) is 15.2. The molecule has 0 saturated heterocycles. The summed E-state index contributed by atoms with van der Waals surface area (Å²) in [7, 11) is 0. The summed E-state index contributed by atoms with van der Waals surface area (Å²) in [4.78, 5) is 0. The Labute approximate surface area is 153 Å². The first-order valence-corrected chi connectivity index (χ1v) is 8.61. The third-order valence-electron chi connectivity index (χ3n) is 3.88. The first kappa shape index (κ1) is 17.2. The molecule has 0 amide bonds. The monoisotopic (exact) mass is 355 g/mol. The number of fused-ring (bicyclic) bond motifs is 1. The molecule has 0 atom stereocenters. The maximum atomic E-state index is 5.72. The Morgan fingerprint density at radius 3 is 2.64 bits per heavy atom. The van der Waals surface area contributed by atoms with Crippen LogP contribution in [0.1, 0.15) is 24.5 Å². The predicted octanol–water partition coefficient (Wildman–Crippen LogP) is 3.87. The highest BCUT2D eigenvalue weighted by atomic mass is 32.1. The molecule has 0 radical (unpaired) electrons. The predicted molar refractivity (Wildman–Crippen MR) is 105 cm³/mol. The van der Waals surface area contributed by atoms with Crippen molar-refractivity contribution in [1.29, 1.82) is 0 Å². The molecule has 6 heteroatoms. The minimum Gasteiger partial charge on any atom is -0.490 e. The summed E-state index contributed by atoms with van der Waals surface area (Å²) >= 11 is 5.31. The number of thiocarbonyl (C=S) groups is 1. The molecule has 0 aromatic heterocycles. The average Bonchev–Trinajstić information content (AvgIpc) is 2.86. The molecule has 2 N–H and O–H groups in total. The second kappa shape index (κ2) is 7.98. The van der Waals surface area contributed by atoms with Crippen molar-refractivity contribution in [2.45, 2.75) is 20.3 Å². The zero-order chi connectivity index (χ0) is 17.6. The van der Waals surface area contributed by atoms with E-state index in [0.29, 0.717) is 18.3 Å². The molecule has 1 heterocycles. The molecular formula is C19H21N3O2S. The Bertz CT molecular complexity index is 805. The van der Waals surface area contributed by atoms with Crippen LogP contribution in [0, 0.1) is 6.92 Å². The lowest BCUT2D eigenvalue weighted by molar-refractivity contribution is 0.297. The van der Waals surface area contributed by atoms with Crippen LogP contribution in [-0.4, -0.2) is 24.0 Å². The van der Waals surface area contributed by atoms with Crippen molar-refractivity contribution in [1.82, 2.24) is 5.43 Å². The van der Waals surface area contributed by atoms with Crippen LogP contribution in [0.15, 0.2) is 47.6 Å².